The number of alkyl halides is 6. The second-order valence-corrected chi connectivity index (χ2v) is 28.0. The van der Waals surface area contributed by atoms with Gasteiger partial charge in [0.05, 0.1) is 0 Å². The summed E-state index contributed by atoms with van der Waals surface area (Å²) in [6.45, 7) is 4.01. The summed E-state index contributed by atoms with van der Waals surface area (Å²) in [6, 6.07) is 20.2. The van der Waals surface area contributed by atoms with Crippen LogP contribution in [0.3, 0.4) is 0 Å². The Morgan fingerprint density at radius 1 is 0.761 bits per heavy atom. The Hall–Kier alpha value is -2.12. The molecule has 0 aromatic heterocycles. The Morgan fingerprint density at radius 3 is 2.09 bits per heavy atom. The number of halogens is 8. The van der Waals surface area contributed by atoms with Crippen LogP contribution in [0.1, 0.15) is 71.0 Å². The summed E-state index contributed by atoms with van der Waals surface area (Å²) in [5, 5.41) is 2.59. The van der Waals surface area contributed by atoms with Crippen LogP contribution >= 0.6 is 17.0 Å². The molecule has 1 unspecified atom stereocenters. The molecular formula is C36H32Cl2F6SiZr. The topological polar surface area (TPSA) is 0 Å². The zero-order chi connectivity index (χ0) is 33.0. The Kier molecular flexibility index (Phi) is 9.34. The van der Waals surface area contributed by atoms with Crippen molar-refractivity contribution < 1.29 is 44.2 Å². The van der Waals surface area contributed by atoms with Crippen LogP contribution in [0.25, 0.3) is 28.3 Å². The molecule has 0 amide bonds. The fourth-order valence-corrected chi connectivity index (χ4v) is 24.0. The first-order valence-electron chi connectivity index (χ1n) is 15.5. The van der Waals surface area contributed by atoms with E-state index in [1.807, 2.05) is 43.3 Å². The van der Waals surface area contributed by atoms with Gasteiger partial charge in [0.2, 0.25) is 0 Å². The monoisotopic (exact) mass is 766 g/mol. The number of rotatable bonds is 8. The average molecular weight is 769 g/mol. The van der Waals surface area contributed by atoms with E-state index in [4.69, 9.17) is 17.0 Å². The van der Waals surface area contributed by atoms with Gasteiger partial charge in [-0.25, -0.2) is 0 Å². The fourth-order valence-electron chi connectivity index (χ4n) is 7.12. The van der Waals surface area contributed by atoms with Gasteiger partial charge in [-0.3, -0.25) is 0 Å². The van der Waals surface area contributed by atoms with E-state index < -0.39 is 50.9 Å². The van der Waals surface area contributed by atoms with Gasteiger partial charge in [-0.1, -0.05) is 0 Å². The van der Waals surface area contributed by atoms with Crippen LogP contribution in [-0.4, -0.2) is 9.52 Å². The Labute approximate surface area is 279 Å². The normalized spacial score (nSPS) is 16.4. The van der Waals surface area contributed by atoms with Crippen LogP contribution in [0.15, 0.2) is 78.4 Å². The molecule has 1 heterocycles. The van der Waals surface area contributed by atoms with Crippen LogP contribution in [0.4, 0.5) is 26.3 Å². The molecule has 4 aromatic rings. The van der Waals surface area contributed by atoms with E-state index in [0.29, 0.717) is 36.0 Å². The van der Waals surface area contributed by atoms with E-state index >= 15 is 0 Å². The Balaban J connectivity index is 1.57. The number of unbranched alkanes of at least 4 members (excludes halogenated alkanes) is 1. The minimum atomic E-state index is -4.95. The number of hydrogen-bond donors (Lipinski definition) is 0. The Bertz CT molecular complexity index is 1810. The minimum absolute atomic E-state index is 0.0948. The molecule has 1 atom stereocenters. The molecular weight excluding hydrogens is 737 g/mol. The van der Waals surface area contributed by atoms with Crippen molar-refractivity contribution >= 4 is 46.3 Å². The van der Waals surface area contributed by atoms with Crippen molar-refractivity contribution in [1.29, 1.82) is 0 Å². The van der Waals surface area contributed by atoms with Crippen LogP contribution in [0, 0.1) is 0 Å². The quantitative estimate of drug-likeness (QED) is 0.109. The molecule has 0 spiro atoms. The van der Waals surface area contributed by atoms with Crippen molar-refractivity contribution in [2.24, 2.45) is 0 Å². The first kappa shape index (κ1) is 33.8. The predicted molar refractivity (Wildman–Crippen MR) is 177 cm³/mol. The van der Waals surface area contributed by atoms with E-state index in [0.717, 1.165) is 39.4 Å². The van der Waals surface area contributed by atoms with Gasteiger partial charge in [-0.05, 0) is 0 Å². The predicted octanol–water partition coefficient (Wildman–Crippen LogP) is 9.86. The standard InChI is InChI=1S/C24H23F6.C12H9Si.2ClH.Zr/c1-3-5-7-15-10-17-9-8-16(6-4-2)22(21(17)11-15)18-12-19(23(25,26)27)14-20(13-18)24(28,29)30;1-3-7-11-9(5-1)10-6-2-4-8-12(10)13-11;;;/h8-14H,3-7H2,1-2H3;1-7H,13H2;2*1H;/q;;;;+2/p-2. The van der Waals surface area contributed by atoms with Gasteiger partial charge in [-0.2, -0.15) is 0 Å². The van der Waals surface area contributed by atoms with Crippen LogP contribution in [-0.2, 0) is 36.7 Å². The summed E-state index contributed by atoms with van der Waals surface area (Å²) in [5.74, 6) is 0. The molecule has 0 fully saturated rings. The third-order valence-electron chi connectivity index (χ3n) is 9.16. The molecule has 10 heteroatoms. The second kappa shape index (κ2) is 12.7. The van der Waals surface area contributed by atoms with Gasteiger partial charge in [0.15, 0.2) is 0 Å². The first-order valence-corrected chi connectivity index (χ1v) is 25.9. The summed E-state index contributed by atoms with van der Waals surface area (Å²) in [5.41, 5.74) is 3.22. The van der Waals surface area contributed by atoms with Crippen molar-refractivity contribution in [2.75, 3.05) is 0 Å². The molecule has 0 N–H and O–H groups in total. The van der Waals surface area contributed by atoms with Crippen molar-refractivity contribution in [1.82, 2.24) is 0 Å². The molecule has 2 aliphatic rings. The molecule has 1 aliphatic heterocycles. The van der Waals surface area contributed by atoms with Gasteiger partial charge in [-0.15, -0.1) is 0 Å². The number of aryl methyl sites for hydroxylation is 1. The molecule has 0 saturated carbocycles. The van der Waals surface area contributed by atoms with Gasteiger partial charge >= 0.3 is 281 Å². The molecule has 0 bridgehead atoms. The molecule has 0 radical (unpaired) electrons. The summed E-state index contributed by atoms with van der Waals surface area (Å²) in [7, 11) is 14.6. The van der Waals surface area contributed by atoms with Crippen molar-refractivity contribution in [3.05, 3.63) is 106 Å². The van der Waals surface area contributed by atoms with E-state index in [2.05, 4.69) is 31.2 Å². The number of hydrogen-bond acceptors (Lipinski definition) is 0. The van der Waals surface area contributed by atoms with Gasteiger partial charge < -0.3 is 0 Å². The fraction of sp³-hybridized carbons (Fsp3) is 0.278. The summed E-state index contributed by atoms with van der Waals surface area (Å²) in [4.78, 5) is 0. The molecule has 240 valence electrons. The van der Waals surface area contributed by atoms with Gasteiger partial charge in [0.25, 0.3) is 0 Å². The van der Waals surface area contributed by atoms with E-state index in [9.17, 15) is 26.3 Å². The average Bonchev–Trinajstić information content (AvgIpc) is 3.57. The second-order valence-electron chi connectivity index (χ2n) is 12.2. The molecule has 0 saturated heterocycles. The van der Waals surface area contributed by atoms with Crippen LogP contribution in [0.5, 0.6) is 0 Å². The molecule has 4 aromatic carbocycles. The van der Waals surface area contributed by atoms with Gasteiger partial charge in [0.1, 0.15) is 0 Å². The van der Waals surface area contributed by atoms with Crippen molar-refractivity contribution in [2.45, 2.75) is 61.9 Å². The molecule has 1 aliphatic carbocycles. The third-order valence-corrected chi connectivity index (χ3v) is 23.5. The maximum absolute atomic E-state index is 14.0. The number of allylic oxidation sites excluding steroid dienone is 1. The molecule has 6 rings (SSSR count). The Morgan fingerprint density at radius 2 is 1.43 bits per heavy atom. The first-order chi connectivity index (χ1) is 21.8. The maximum atomic E-state index is 14.0. The van der Waals surface area contributed by atoms with Gasteiger partial charge in [0, 0.05) is 0 Å². The molecule has 0 nitrogen and oxygen atoms in total. The van der Waals surface area contributed by atoms with E-state index in [1.54, 1.807) is 0 Å². The van der Waals surface area contributed by atoms with Crippen molar-refractivity contribution in [3.63, 3.8) is 0 Å². The number of fused-ring (bicyclic) bond motifs is 4. The zero-order valence-electron chi connectivity index (χ0n) is 25.3. The van der Waals surface area contributed by atoms with Crippen LogP contribution in [0.2, 0.25) is 0 Å². The summed E-state index contributed by atoms with van der Waals surface area (Å²) < 4.78 is 84.6. The summed E-state index contributed by atoms with van der Waals surface area (Å²) in [6.07, 6.45) is -4.29. The molecule has 46 heavy (non-hydrogen) atoms. The zero-order valence-corrected chi connectivity index (χ0v) is 30.7. The van der Waals surface area contributed by atoms with E-state index in [1.165, 1.54) is 21.5 Å². The number of benzene rings is 4. The summed E-state index contributed by atoms with van der Waals surface area (Å²) >= 11 is -4.40. The SMILES string of the molecule is CCCCC1=Cc2c(ccc(CCC)c2-c2cc(C(F)(F)F)cc(C(F)(F)F)c2)[CH]1[Zr]([Cl])([Cl])[c]1cccc2c1[SiH2]c1ccccc1-2. The van der Waals surface area contributed by atoms with Crippen molar-refractivity contribution in [3.8, 4) is 22.3 Å². The van der Waals surface area contributed by atoms with E-state index in [-0.39, 0.29) is 15.3 Å². The third kappa shape index (κ3) is 6.13. The van der Waals surface area contributed by atoms with Crippen LogP contribution < -0.4 is 13.6 Å².